The Morgan fingerprint density at radius 2 is 2.00 bits per heavy atom. The second-order valence-corrected chi connectivity index (χ2v) is 5.52. The largest absolute Gasteiger partial charge is 0.349 e. The maximum absolute atomic E-state index is 6.01. The summed E-state index contributed by atoms with van der Waals surface area (Å²) >= 11 is 6.01. The van der Waals surface area contributed by atoms with E-state index in [2.05, 4.69) is 39.1 Å². The van der Waals surface area contributed by atoms with Gasteiger partial charge in [-0.1, -0.05) is 17.7 Å². The molecule has 0 saturated heterocycles. The predicted molar refractivity (Wildman–Crippen MR) is 84.7 cm³/mol. The van der Waals surface area contributed by atoms with Crippen LogP contribution in [0.2, 0.25) is 5.02 Å². The molecule has 0 fully saturated rings. The molecule has 1 aromatic heterocycles. The molecule has 2 aromatic rings. The molecule has 0 amide bonds. The van der Waals surface area contributed by atoms with Crippen molar-refractivity contribution in [2.24, 2.45) is 0 Å². The fourth-order valence-electron chi connectivity index (χ4n) is 2.56. The van der Waals surface area contributed by atoms with Crippen molar-refractivity contribution in [3.63, 3.8) is 0 Å². The maximum atomic E-state index is 6.01. The van der Waals surface area contributed by atoms with Crippen LogP contribution in [0.4, 0.5) is 0 Å². The van der Waals surface area contributed by atoms with E-state index >= 15 is 0 Å². The van der Waals surface area contributed by atoms with E-state index in [-0.39, 0.29) is 0 Å². The second-order valence-electron chi connectivity index (χ2n) is 5.08. The lowest BCUT2D eigenvalue weighted by molar-refractivity contribution is 0.792. The van der Waals surface area contributed by atoms with Gasteiger partial charge >= 0.3 is 0 Å². The Kier molecular flexibility index (Phi) is 2.86. The number of halogens is 1. The van der Waals surface area contributed by atoms with E-state index in [1.807, 2.05) is 30.5 Å². The molecule has 1 aromatic carbocycles. The van der Waals surface area contributed by atoms with Crippen molar-refractivity contribution in [2.75, 3.05) is 0 Å². The van der Waals surface area contributed by atoms with Gasteiger partial charge in [0, 0.05) is 42.3 Å². The molecule has 4 rings (SSSR count). The fraction of sp³-hybridized carbons (Fsp3) is 0.0588. The van der Waals surface area contributed by atoms with Crippen LogP contribution < -0.4 is 0 Å². The zero-order chi connectivity index (χ0) is 14.2. The van der Waals surface area contributed by atoms with Gasteiger partial charge in [0.05, 0.1) is 16.2 Å². The normalized spacial score (nSPS) is 11.3. The highest BCUT2D eigenvalue weighted by molar-refractivity contribution is 6.31. The summed E-state index contributed by atoms with van der Waals surface area (Å²) in [7, 11) is 0. The smallest absolute Gasteiger partial charge is 0.0731 e. The van der Waals surface area contributed by atoms with Gasteiger partial charge in [-0.3, -0.25) is 9.97 Å². The number of nitrogens with zero attached hydrogens (tertiary/aromatic N) is 3. The van der Waals surface area contributed by atoms with E-state index in [0.717, 1.165) is 28.7 Å². The van der Waals surface area contributed by atoms with Crippen LogP contribution in [0.1, 0.15) is 5.56 Å². The molecular weight excluding hydrogens is 282 g/mol. The average Bonchev–Trinajstić information content (AvgIpc) is 2.94. The predicted octanol–water partition coefficient (Wildman–Crippen LogP) is 4.24. The van der Waals surface area contributed by atoms with Crippen molar-refractivity contribution in [1.29, 1.82) is 0 Å². The molecule has 0 bridgehead atoms. The first kappa shape index (κ1) is 12.4. The third kappa shape index (κ3) is 2.36. The number of pyridine rings is 2. The van der Waals surface area contributed by atoms with E-state index in [4.69, 9.17) is 11.6 Å². The SMILES string of the molecule is Clc1cnc2ccc(Cn3ccc4nccc-4c3)cc2c1. The van der Waals surface area contributed by atoms with Gasteiger partial charge in [-0.2, -0.15) is 0 Å². The minimum Gasteiger partial charge on any atom is -0.349 e. The molecule has 3 heterocycles. The van der Waals surface area contributed by atoms with Crippen LogP contribution >= 0.6 is 11.6 Å². The molecule has 0 N–H and O–H groups in total. The molecule has 0 saturated carbocycles. The summed E-state index contributed by atoms with van der Waals surface area (Å²) in [4.78, 5) is 8.60. The fourth-order valence-corrected chi connectivity index (χ4v) is 2.72. The minimum absolute atomic E-state index is 0.664. The number of fused-ring (bicyclic) bond motifs is 2. The topological polar surface area (TPSA) is 30.7 Å². The lowest BCUT2D eigenvalue weighted by atomic mass is 10.1. The first-order valence-corrected chi connectivity index (χ1v) is 7.10. The molecule has 0 aliphatic carbocycles. The molecule has 0 atom stereocenters. The first-order valence-electron chi connectivity index (χ1n) is 6.73. The quantitative estimate of drug-likeness (QED) is 0.553. The van der Waals surface area contributed by atoms with Gasteiger partial charge in [0.2, 0.25) is 0 Å². The zero-order valence-electron chi connectivity index (χ0n) is 11.2. The van der Waals surface area contributed by atoms with Crippen molar-refractivity contribution < 1.29 is 0 Å². The summed E-state index contributed by atoms with van der Waals surface area (Å²) in [6.45, 7) is 0.809. The van der Waals surface area contributed by atoms with Crippen molar-refractivity contribution in [2.45, 2.75) is 6.54 Å². The summed E-state index contributed by atoms with van der Waals surface area (Å²) in [5.74, 6) is 0. The molecule has 0 unspecified atom stereocenters. The number of aromatic nitrogens is 3. The molecule has 0 radical (unpaired) electrons. The maximum Gasteiger partial charge on any atom is 0.0731 e. The average molecular weight is 294 g/mol. The van der Waals surface area contributed by atoms with Crippen LogP contribution in [-0.2, 0) is 6.54 Å². The molecule has 2 aliphatic rings. The lowest BCUT2D eigenvalue weighted by Gasteiger charge is -2.09. The van der Waals surface area contributed by atoms with Crippen LogP contribution in [0.25, 0.3) is 22.2 Å². The van der Waals surface area contributed by atoms with Gasteiger partial charge < -0.3 is 4.57 Å². The Morgan fingerprint density at radius 3 is 2.95 bits per heavy atom. The molecule has 102 valence electrons. The molecule has 4 heteroatoms. The third-order valence-corrected chi connectivity index (χ3v) is 3.78. The van der Waals surface area contributed by atoms with Gasteiger partial charge in [0.25, 0.3) is 0 Å². The highest BCUT2D eigenvalue weighted by Gasteiger charge is 2.04. The van der Waals surface area contributed by atoms with E-state index in [1.165, 1.54) is 5.56 Å². The highest BCUT2D eigenvalue weighted by Crippen LogP contribution is 2.21. The molecule has 3 nitrogen and oxygen atoms in total. The molecule has 2 aliphatic heterocycles. The Hall–Kier alpha value is -2.39. The van der Waals surface area contributed by atoms with Gasteiger partial charge in [-0.05, 0) is 35.9 Å². The molecular formula is C17H12ClN3. The Morgan fingerprint density at radius 1 is 1.05 bits per heavy atom. The van der Waals surface area contributed by atoms with Crippen LogP contribution in [-0.4, -0.2) is 14.5 Å². The second kappa shape index (κ2) is 4.86. The van der Waals surface area contributed by atoms with E-state index in [1.54, 1.807) is 6.20 Å². The minimum atomic E-state index is 0.664. The van der Waals surface area contributed by atoms with Crippen LogP contribution in [0.5, 0.6) is 0 Å². The van der Waals surface area contributed by atoms with Gasteiger partial charge in [-0.25, -0.2) is 0 Å². The van der Waals surface area contributed by atoms with Crippen LogP contribution in [0, 0.1) is 0 Å². The molecule has 21 heavy (non-hydrogen) atoms. The summed E-state index contributed by atoms with van der Waals surface area (Å²) in [5.41, 5.74) is 4.36. The van der Waals surface area contributed by atoms with Crippen molar-refractivity contribution >= 4 is 22.5 Å². The summed E-state index contributed by atoms with van der Waals surface area (Å²) in [5, 5.41) is 1.73. The lowest BCUT2D eigenvalue weighted by Crippen LogP contribution is -2.00. The van der Waals surface area contributed by atoms with Crippen molar-refractivity contribution in [1.82, 2.24) is 14.5 Å². The first-order chi connectivity index (χ1) is 10.3. The monoisotopic (exact) mass is 293 g/mol. The highest BCUT2D eigenvalue weighted by atomic mass is 35.5. The Balaban J connectivity index is 1.71. The zero-order valence-corrected chi connectivity index (χ0v) is 12.0. The van der Waals surface area contributed by atoms with E-state index in [0.29, 0.717) is 5.02 Å². The summed E-state index contributed by atoms with van der Waals surface area (Å²) in [6, 6.07) is 12.3. The Labute approximate surface area is 127 Å². The van der Waals surface area contributed by atoms with Gasteiger partial charge in [0.1, 0.15) is 0 Å². The van der Waals surface area contributed by atoms with Crippen molar-refractivity contribution in [3.8, 4) is 11.3 Å². The van der Waals surface area contributed by atoms with E-state index < -0.39 is 0 Å². The van der Waals surface area contributed by atoms with E-state index in [9.17, 15) is 0 Å². The number of hydrogen-bond acceptors (Lipinski definition) is 2. The summed E-state index contributed by atoms with van der Waals surface area (Å²) in [6.07, 6.45) is 7.67. The van der Waals surface area contributed by atoms with Gasteiger partial charge in [-0.15, -0.1) is 0 Å². The number of hydrogen-bond donors (Lipinski definition) is 0. The van der Waals surface area contributed by atoms with Crippen LogP contribution in [0.15, 0.2) is 61.2 Å². The number of benzene rings is 1. The van der Waals surface area contributed by atoms with Crippen LogP contribution in [0.3, 0.4) is 0 Å². The molecule has 0 spiro atoms. The Bertz CT molecular complexity index is 897. The third-order valence-electron chi connectivity index (χ3n) is 3.57. The van der Waals surface area contributed by atoms with Gasteiger partial charge in [0.15, 0.2) is 0 Å². The number of rotatable bonds is 2. The van der Waals surface area contributed by atoms with Crippen molar-refractivity contribution in [3.05, 3.63) is 71.8 Å². The summed E-state index contributed by atoms with van der Waals surface area (Å²) < 4.78 is 2.16. The standard InChI is InChI=1S/C17H12ClN3/c18-15-8-14-7-12(1-2-16(14)20-9-15)10-21-6-4-17-13(11-21)3-5-19-17/h1-9,11H,10H2.